The number of rotatable bonds is 4. The van der Waals surface area contributed by atoms with Crippen molar-refractivity contribution in [2.45, 2.75) is 11.8 Å². The lowest BCUT2D eigenvalue weighted by molar-refractivity contribution is -0.136. The van der Waals surface area contributed by atoms with Crippen LogP contribution >= 0.6 is 27.5 Å². The molecule has 0 aromatic heterocycles. The Morgan fingerprint density at radius 3 is 2.60 bits per heavy atom. The maximum atomic E-state index is 10.6. The Hall–Kier alpha value is -0.740. The number of benzene rings is 1. The Labute approximate surface area is 101 Å². The highest BCUT2D eigenvalue weighted by Gasteiger charge is 2.12. The molecule has 1 N–H and O–H groups in total. The van der Waals surface area contributed by atoms with Gasteiger partial charge < -0.3 is 9.84 Å². The van der Waals surface area contributed by atoms with Crippen molar-refractivity contribution in [3.63, 3.8) is 0 Å². The molecular formula is C10H10BrClO3. The zero-order chi connectivity index (χ0) is 11.4. The normalized spacial score (nSPS) is 10.1. The van der Waals surface area contributed by atoms with Gasteiger partial charge in [-0.1, -0.05) is 27.5 Å². The third-order valence-corrected chi connectivity index (χ3v) is 2.72. The van der Waals surface area contributed by atoms with E-state index >= 15 is 0 Å². The largest absolute Gasteiger partial charge is 0.496 e. The van der Waals surface area contributed by atoms with Gasteiger partial charge >= 0.3 is 5.97 Å². The lowest BCUT2D eigenvalue weighted by atomic mass is 10.1. The number of hydrogen-bond acceptors (Lipinski definition) is 2. The fourth-order valence-corrected chi connectivity index (χ4v) is 2.05. The van der Waals surface area contributed by atoms with Crippen LogP contribution in [0.1, 0.15) is 11.1 Å². The van der Waals surface area contributed by atoms with E-state index in [1.54, 1.807) is 12.1 Å². The summed E-state index contributed by atoms with van der Waals surface area (Å²) in [6, 6.07) is 3.36. The molecule has 3 nitrogen and oxygen atoms in total. The Kier molecular flexibility index (Phi) is 4.42. The van der Waals surface area contributed by atoms with Crippen LogP contribution < -0.4 is 4.74 Å². The second-order valence-corrected chi connectivity index (χ2v) is 3.96. The predicted molar refractivity (Wildman–Crippen MR) is 62.0 cm³/mol. The molecule has 82 valence electrons. The van der Waals surface area contributed by atoms with Gasteiger partial charge in [-0.25, -0.2) is 0 Å². The number of ether oxygens (including phenoxy) is 1. The summed E-state index contributed by atoms with van der Waals surface area (Å²) < 4.78 is 5.17. The molecule has 0 aliphatic rings. The molecule has 1 rings (SSSR count). The van der Waals surface area contributed by atoms with Gasteiger partial charge in [0, 0.05) is 21.5 Å². The van der Waals surface area contributed by atoms with E-state index in [9.17, 15) is 4.79 Å². The molecule has 0 fully saturated rings. The lowest BCUT2D eigenvalue weighted by Crippen LogP contribution is -2.04. The molecule has 0 aliphatic carbocycles. The number of halogens is 2. The smallest absolute Gasteiger partial charge is 0.307 e. The molecule has 0 spiro atoms. The average Bonchev–Trinajstić information content (AvgIpc) is 2.15. The van der Waals surface area contributed by atoms with Crippen LogP contribution in [0.4, 0.5) is 0 Å². The van der Waals surface area contributed by atoms with Gasteiger partial charge in [0.25, 0.3) is 0 Å². The molecule has 0 radical (unpaired) electrons. The summed E-state index contributed by atoms with van der Waals surface area (Å²) in [5, 5.41) is 9.82. The second-order valence-electron chi connectivity index (χ2n) is 2.96. The maximum absolute atomic E-state index is 10.6. The summed E-state index contributed by atoms with van der Waals surface area (Å²) in [5.74, 6) is -0.324. The predicted octanol–water partition coefficient (Wildman–Crippen LogP) is 2.87. The lowest BCUT2D eigenvalue weighted by Gasteiger charge is -2.11. The van der Waals surface area contributed by atoms with Gasteiger partial charge in [0.2, 0.25) is 0 Å². The second kappa shape index (κ2) is 5.37. The van der Waals surface area contributed by atoms with Gasteiger partial charge in [0.15, 0.2) is 0 Å². The van der Waals surface area contributed by atoms with E-state index < -0.39 is 5.97 Å². The first kappa shape index (κ1) is 12.3. The summed E-state index contributed by atoms with van der Waals surface area (Å²) >= 11 is 9.17. The minimum Gasteiger partial charge on any atom is -0.496 e. The van der Waals surface area contributed by atoms with Crippen molar-refractivity contribution < 1.29 is 14.6 Å². The zero-order valence-electron chi connectivity index (χ0n) is 8.09. The van der Waals surface area contributed by atoms with Crippen LogP contribution in [0.2, 0.25) is 5.02 Å². The quantitative estimate of drug-likeness (QED) is 0.868. The topological polar surface area (TPSA) is 46.5 Å². The van der Waals surface area contributed by atoms with E-state index in [1.807, 2.05) is 0 Å². The van der Waals surface area contributed by atoms with Gasteiger partial charge in [-0.3, -0.25) is 4.79 Å². The Balaban J connectivity index is 3.22. The highest BCUT2D eigenvalue weighted by atomic mass is 79.9. The van der Waals surface area contributed by atoms with E-state index in [2.05, 4.69) is 15.9 Å². The monoisotopic (exact) mass is 292 g/mol. The van der Waals surface area contributed by atoms with Gasteiger partial charge in [-0.05, 0) is 12.1 Å². The van der Waals surface area contributed by atoms with Crippen molar-refractivity contribution in [2.24, 2.45) is 0 Å². The van der Waals surface area contributed by atoms with Crippen molar-refractivity contribution in [2.75, 3.05) is 7.11 Å². The Morgan fingerprint density at radius 1 is 1.53 bits per heavy atom. The van der Waals surface area contributed by atoms with Gasteiger partial charge in [0.1, 0.15) is 5.75 Å². The first-order valence-corrected chi connectivity index (χ1v) is 5.71. The number of carboxylic acids is 1. The molecule has 0 unspecified atom stereocenters. The van der Waals surface area contributed by atoms with E-state index in [0.29, 0.717) is 21.7 Å². The van der Waals surface area contributed by atoms with Crippen LogP contribution in [-0.2, 0) is 16.5 Å². The summed E-state index contributed by atoms with van der Waals surface area (Å²) in [6.07, 6.45) is -0.0935. The van der Waals surface area contributed by atoms with Crippen LogP contribution in [0.15, 0.2) is 12.1 Å². The van der Waals surface area contributed by atoms with Gasteiger partial charge in [-0.2, -0.15) is 0 Å². The fraction of sp³-hybridized carbons (Fsp3) is 0.300. The summed E-state index contributed by atoms with van der Waals surface area (Å²) in [4.78, 5) is 10.6. The standard InChI is InChI=1S/C10H10BrClO3/c1-15-10-6(4-9(13)14)2-8(12)3-7(10)5-11/h2-3H,4-5H2,1H3,(H,13,14). The van der Waals surface area contributed by atoms with E-state index in [-0.39, 0.29) is 6.42 Å². The van der Waals surface area contributed by atoms with Crippen molar-refractivity contribution in [1.29, 1.82) is 0 Å². The van der Waals surface area contributed by atoms with Crippen molar-refractivity contribution >= 4 is 33.5 Å². The molecule has 1 aromatic carbocycles. The molecule has 1 aromatic rings. The van der Waals surface area contributed by atoms with Gasteiger partial charge in [0.05, 0.1) is 13.5 Å². The SMILES string of the molecule is COc1c(CBr)cc(Cl)cc1CC(=O)O. The maximum Gasteiger partial charge on any atom is 0.307 e. The third kappa shape index (κ3) is 3.11. The van der Waals surface area contributed by atoms with Crippen LogP contribution in [0.3, 0.4) is 0 Å². The number of hydrogen-bond donors (Lipinski definition) is 1. The van der Waals surface area contributed by atoms with Crippen LogP contribution in [0.5, 0.6) is 5.75 Å². The first-order chi connectivity index (χ1) is 7.08. The van der Waals surface area contributed by atoms with E-state index in [1.165, 1.54) is 7.11 Å². The molecule has 0 aliphatic heterocycles. The minimum absolute atomic E-state index is 0.0935. The van der Waals surface area contributed by atoms with Crippen LogP contribution in [0, 0.1) is 0 Å². The summed E-state index contributed by atoms with van der Waals surface area (Å²) in [5.41, 5.74) is 1.44. The number of aliphatic carboxylic acids is 1. The number of alkyl halides is 1. The summed E-state index contributed by atoms with van der Waals surface area (Å²) in [7, 11) is 1.51. The minimum atomic E-state index is -0.906. The highest BCUT2D eigenvalue weighted by molar-refractivity contribution is 9.08. The number of methoxy groups -OCH3 is 1. The number of carboxylic acid groups (broad SMARTS) is 1. The molecule has 0 amide bonds. The Morgan fingerprint density at radius 2 is 2.13 bits per heavy atom. The van der Waals surface area contributed by atoms with Crippen molar-refractivity contribution in [3.8, 4) is 5.75 Å². The molecule has 0 bridgehead atoms. The molecule has 0 saturated heterocycles. The third-order valence-electron chi connectivity index (χ3n) is 1.90. The molecule has 15 heavy (non-hydrogen) atoms. The van der Waals surface area contributed by atoms with Crippen molar-refractivity contribution in [3.05, 3.63) is 28.3 Å². The van der Waals surface area contributed by atoms with E-state index in [4.69, 9.17) is 21.4 Å². The Bertz CT molecular complexity index is 379. The van der Waals surface area contributed by atoms with Crippen LogP contribution in [0.25, 0.3) is 0 Å². The highest BCUT2D eigenvalue weighted by Crippen LogP contribution is 2.30. The zero-order valence-corrected chi connectivity index (χ0v) is 10.4. The number of carbonyl (C=O) groups is 1. The molecular weight excluding hydrogens is 283 g/mol. The van der Waals surface area contributed by atoms with Gasteiger partial charge in [-0.15, -0.1) is 0 Å². The van der Waals surface area contributed by atoms with Crippen molar-refractivity contribution in [1.82, 2.24) is 0 Å². The first-order valence-electron chi connectivity index (χ1n) is 4.21. The fourth-order valence-electron chi connectivity index (χ4n) is 1.37. The molecule has 0 saturated carbocycles. The molecule has 5 heteroatoms. The van der Waals surface area contributed by atoms with Crippen LogP contribution in [-0.4, -0.2) is 18.2 Å². The summed E-state index contributed by atoms with van der Waals surface area (Å²) in [6.45, 7) is 0. The average molecular weight is 294 g/mol. The van der Waals surface area contributed by atoms with E-state index in [0.717, 1.165) is 5.56 Å². The molecule has 0 heterocycles. The molecule has 0 atom stereocenters.